The topological polar surface area (TPSA) is 255 Å². The molecule has 0 radical (unpaired) electrons. The van der Waals surface area contributed by atoms with E-state index in [0.29, 0.717) is 0 Å². The van der Waals surface area contributed by atoms with Gasteiger partial charge in [-0.2, -0.15) is 31.8 Å². The number of sulfone groups is 1. The molecule has 0 fully saturated rings. The molecule has 0 aliphatic rings. The monoisotopic (exact) mass is 580 g/mol. The van der Waals surface area contributed by atoms with Crippen LogP contribution in [0.3, 0.4) is 0 Å². The third-order valence-corrected chi connectivity index (χ3v) is 7.64. The summed E-state index contributed by atoms with van der Waals surface area (Å²) in [5, 5.41) is 2.49. The second-order valence-electron chi connectivity index (χ2n) is 6.89. The first-order valence-corrected chi connectivity index (χ1v) is 14.2. The van der Waals surface area contributed by atoms with Gasteiger partial charge in [0.05, 0.1) is 28.6 Å². The smallest absolute Gasteiger partial charge is 0.397 e. The third kappa shape index (κ3) is 6.75. The Morgan fingerprint density at radius 2 is 1.64 bits per heavy atom. The SMILES string of the molecule is Nc1nc(Cl)nc(-c2cccc(S(=O)(=O)CCOS(=O)(=O)O)c2Nc2ccc(S(=O)(=O)O)c(N)c2)n1. The summed E-state index contributed by atoms with van der Waals surface area (Å²) in [6, 6.07) is 7.23. The molecule has 19 heteroatoms. The summed E-state index contributed by atoms with van der Waals surface area (Å²) in [5.41, 5.74) is 11.0. The fraction of sp³-hybridized carbons (Fsp3) is 0.118. The minimum absolute atomic E-state index is 0.0557. The second-order valence-corrected chi connectivity index (χ2v) is 11.8. The zero-order valence-electron chi connectivity index (χ0n) is 17.7. The van der Waals surface area contributed by atoms with Gasteiger partial charge in [-0.3, -0.25) is 9.11 Å². The number of nitrogens with one attached hydrogen (secondary N) is 1. The Kier molecular flexibility index (Phi) is 7.69. The highest BCUT2D eigenvalue weighted by molar-refractivity contribution is 7.91. The quantitative estimate of drug-likeness (QED) is 0.174. The van der Waals surface area contributed by atoms with E-state index in [4.69, 9.17) is 27.6 Å². The van der Waals surface area contributed by atoms with E-state index in [1.165, 1.54) is 24.3 Å². The van der Waals surface area contributed by atoms with Crippen molar-refractivity contribution in [3.63, 3.8) is 0 Å². The highest BCUT2D eigenvalue weighted by atomic mass is 35.5. The van der Waals surface area contributed by atoms with Gasteiger partial charge in [0, 0.05) is 11.3 Å². The Morgan fingerprint density at radius 1 is 0.944 bits per heavy atom. The molecule has 0 saturated carbocycles. The first-order chi connectivity index (χ1) is 16.6. The predicted octanol–water partition coefficient (Wildman–Crippen LogP) is 0.940. The summed E-state index contributed by atoms with van der Waals surface area (Å²) in [6.45, 7) is -0.897. The molecule has 7 N–H and O–H groups in total. The number of benzene rings is 2. The number of hydrogen-bond acceptors (Lipinski definition) is 13. The van der Waals surface area contributed by atoms with Gasteiger partial charge in [0.2, 0.25) is 11.2 Å². The predicted molar refractivity (Wildman–Crippen MR) is 128 cm³/mol. The van der Waals surface area contributed by atoms with Gasteiger partial charge in [-0.25, -0.2) is 12.6 Å². The minimum Gasteiger partial charge on any atom is -0.398 e. The average molecular weight is 581 g/mol. The standard InChI is InChI=1S/C17H17ClN6O9S3/c18-16-22-15(23-17(20)24-16)10-2-1-3-13(34(25,26)7-6-33-36(30,31)32)14(10)21-9-4-5-12(11(19)8-9)35(27,28)29/h1-5,8,21H,6-7,19H2,(H,27,28,29)(H,30,31,32)(H2,20,22,23,24). The maximum absolute atomic E-state index is 13.1. The van der Waals surface area contributed by atoms with Crippen molar-refractivity contribution in [2.75, 3.05) is 29.1 Å². The van der Waals surface area contributed by atoms with Crippen LogP contribution in [-0.4, -0.2) is 61.7 Å². The molecule has 15 nitrogen and oxygen atoms in total. The van der Waals surface area contributed by atoms with Crippen LogP contribution in [0.2, 0.25) is 5.28 Å². The van der Waals surface area contributed by atoms with Crippen LogP contribution in [-0.2, 0) is 34.5 Å². The highest BCUT2D eigenvalue weighted by Gasteiger charge is 2.25. The van der Waals surface area contributed by atoms with E-state index in [0.717, 1.165) is 12.1 Å². The zero-order chi connectivity index (χ0) is 26.9. The van der Waals surface area contributed by atoms with Gasteiger partial charge in [0.15, 0.2) is 15.7 Å². The van der Waals surface area contributed by atoms with Gasteiger partial charge in [0.25, 0.3) is 10.1 Å². The molecule has 0 saturated heterocycles. The summed E-state index contributed by atoms with van der Waals surface area (Å²) in [5.74, 6) is -1.27. The maximum Gasteiger partial charge on any atom is 0.397 e. The molecule has 194 valence electrons. The van der Waals surface area contributed by atoms with Crippen LogP contribution in [0.1, 0.15) is 0 Å². The Bertz CT molecular complexity index is 1630. The van der Waals surface area contributed by atoms with E-state index in [9.17, 15) is 29.8 Å². The first kappa shape index (κ1) is 27.5. The molecule has 36 heavy (non-hydrogen) atoms. The number of rotatable bonds is 9. The Morgan fingerprint density at radius 3 is 2.22 bits per heavy atom. The molecule has 0 amide bonds. The Labute approximate surface area is 210 Å². The number of para-hydroxylation sites is 1. The number of anilines is 4. The third-order valence-electron chi connectivity index (χ3n) is 4.37. The van der Waals surface area contributed by atoms with E-state index >= 15 is 0 Å². The van der Waals surface area contributed by atoms with Crippen molar-refractivity contribution in [1.82, 2.24) is 15.0 Å². The van der Waals surface area contributed by atoms with Crippen molar-refractivity contribution in [2.45, 2.75) is 9.79 Å². The normalized spacial score (nSPS) is 12.4. The molecular weight excluding hydrogens is 564 g/mol. The van der Waals surface area contributed by atoms with Crippen LogP contribution >= 0.6 is 11.6 Å². The summed E-state index contributed by atoms with van der Waals surface area (Å²) in [4.78, 5) is 10.6. The van der Waals surface area contributed by atoms with E-state index in [1.807, 2.05) is 0 Å². The van der Waals surface area contributed by atoms with Crippen molar-refractivity contribution >= 4 is 65.0 Å². The van der Waals surface area contributed by atoms with Crippen molar-refractivity contribution in [3.8, 4) is 11.4 Å². The Balaban J connectivity index is 2.17. The summed E-state index contributed by atoms with van der Waals surface area (Å²) in [7, 11) is -13.8. The zero-order valence-corrected chi connectivity index (χ0v) is 20.9. The number of nitrogens with two attached hydrogens (primary N) is 2. The van der Waals surface area contributed by atoms with Gasteiger partial charge in [-0.15, -0.1) is 0 Å². The molecule has 1 aromatic heterocycles. The fourth-order valence-corrected chi connectivity index (χ4v) is 5.40. The molecule has 0 aliphatic carbocycles. The number of halogens is 1. The second kappa shape index (κ2) is 10.1. The molecule has 0 spiro atoms. The van der Waals surface area contributed by atoms with Crippen molar-refractivity contribution < 1.29 is 38.5 Å². The van der Waals surface area contributed by atoms with Gasteiger partial charge in [-0.05, 0) is 41.9 Å². The van der Waals surface area contributed by atoms with Crippen LogP contribution in [0.4, 0.5) is 23.0 Å². The lowest BCUT2D eigenvalue weighted by molar-refractivity contribution is 0.284. The lowest BCUT2D eigenvalue weighted by Crippen LogP contribution is -2.17. The van der Waals surface area contributed by atoms with Crippen molar-refractivity contribution in [2.24, 2.45) is 0 Å². The van der Waals surface area contributed by atoms with E-state index < -0.39 is 47.6 Å². The maximum atomic E-state index is 13.1. The molecular formula is C17H17ClN6O9S3. The molecule has 2 aromatic carbocycles. The van der Waals surface area contributed by atoms with Crippen molar-refractivity contribution in [3.05, 3.63) is 41.7 Å². The van der Waals surface area contributed by atoms with Crippen molar-refractivity contribution in [1.29, 1.82) is 0 Å². The Hall–Kier alpha value is -3.13. The van der Waals surface area contributed by atoms with Crippen LogP contribution < -0.4 is 16.8 Å². The molecule has 0 atom stereocenters. The van der Waals surface area contributed by atoms with Crippen LogP contribution in [0.15, 0.2) is 46.2 Å². The number of hydrogen-bond donors (Lipinski definition) is 5. The number of nitrogens with zero attached hydrogens (tertiary/aromatic N) is 3. The van der Waals surface area contributed by atoms with Gasteiger partial charge in [0.1, 0.15) is 4.90 Å². The lowest BCUT2D eigenvalue weighted by Gasteiger charge is -2.17. The van der Waals surface area contributed by atoms with Crippen LogP contribution in [0.5, 0.6) is 0 Å². The highest BCUT2D eigenvalue weighted by Crippen LogP contribution is 2.36. The first-order valence-electron chi connectivity index (χ1n) is 9.36. The molecule has 1 heterocycles. The summed E-state index contributed by atoms with van der Waals surface area (Å²) in [6.07, 6.45) is 0. The average Bonchev–Trinajstić information content (AvgIpc) is 2.71. The van der Waals surface area contributed by atoms with Crippen LogP contribution in [0.25, 0.3) is 11.4 Å². The largest absolute Gasteiger partial charge is 0.398 e. The molecule has 0 aliphatic heterocycles. The van der Waals surface area contributed by atoms with Gasteiger partial charge in [-0.1, -0.05) is 6.07 Å². The molecule has 3 aromatic rings. The summed E-state index contributed by atoms with van der Waals surface area (Å²) < 4.78 is 92.7. The summed E-state index contributed by atoms with van der Waals surface area (Å²) >= 11 is 5.86. The van der Waals surface area contributed by atoms with E-state index in [-0.39, 0.29) is 44.6 Å². The number of nitrogen functional groups attached to an aromatic ring is 2. The fourth-order valence-electron chi connectivity index (χ4n) is 2.96. The molecule has 0 unspecified atom stereocenters. The van der Waals surface area contributed by atoms with E-state index in [2.05, 4.69) is 24.5 Å². The van der Waals surface area contributed by atoms with Crippen LogP contribution in [0, 0.1) is 0 Å². The minimum atomic E-state index is -4.89. The molecule has 0 bridgehead atoms. The van der Waals surface area contributed by atoms with Gasteiger partial charge >= 0.3 is 10.4 Å². The number of aromatic nitrogens is 3. The lowest BCUT2D eigenvalue weighted by atomic mass is 10.1. The molecule has 3 rings (SSSR count). The van der Waals surface area contributed by atoms with Gasteiger partial charge < -0.3 is 16.8 Å². The van der Waals surface area contributed by atoms with E-state index in [1.54, 1.807) is 0 Å².